The van der Waals surface area contributed by atoms with Crippen molar-refractivity contribution < 1.29 is 4.79 Å². The van der Waals surface area contributed by atoms with Crippen LogP contribution in [0.2, 0.25) is 0 Å². The number of carbonyl (C=O) groups is 1. The Morgan fingerprint density at radius 2 is 2.36 bits per heavy atom. The lowest BCUT2D eigenvalue weighted by Crippen LogP contribution is -2.54. The van der Waals surface area contributed by atoms with E-state index in [1.165, 1.54) is 0 Å². The molecule has 1 amide bonds. The van der Waals surface area contributed by atoms with Crippen LogP contribution in [-0.4, -0.2) is 23.0 Å². The summed E-state index contributed by atoms with van der Waals surface area (Å²) >= 11 is 1.90. The predicted molar refractivity (Wildman–Crippen MR) is 61.1 cm³/mol. The highest BCUT2D eigenvalue weighted by Crippen LogP contribution is 2.36. The van der Waals surface area contributed by atoms with Crippen LogP contribution >= 0.6 is 11.8 Å². The molecule has 0 spiro atoms. The molecule has 0 saturated heterocycles. The van der Waals surface area contributed by atoms with E-state index in [2.05, 4.69) is 6.92 Å². The van der Waals surface area contributed by atoms with Crippen molar-refractivity contribution >= 4 is 17.7 Å². The van der Waals surface area contributed by atoms with Gasteiger partial charge in [0.2, 0.25) is 5.91 Å². The molecule has 2 unspecified atom stereocenters. The summed E-state index contributed by atoms with van der Waals surface area (Å²) in [6, 6.07) is 0. The van der Waals surface area contributed by atoms with Crippen molar-refractivity contribution in [2.24, 2.45) is 17.4 Å². The van der Waals surface area contributed by atoms with Gasteiger partial charge in [-0.3, -0.25) is 4.79 Å². The van der Waals surface area contributed by atoms with Gasteiger partial charge in [0.1, 0.15) is 0 Å². The molecule has 0 aromatic carbocycles. The Kier molecular flexibility index (Phi) is 4.26. The summed E-state index contributed by atoms with van der Waals surface area (Å²) in [4.78, 5) is 11.3. The molecule has 82 valence electrons. The van der Waals surface area contributed by atoms with Crippen LogP contribution in [0.15, 0.2) is 0 Å². The van der Waals surface area contributed by atoms with Crippen LogP contribution in [0.5, 0.6) is 0 Å². The van der Waals surface area contributed by atoms with Crippen molar-refractivity contribution in [2.75, 3.05) is 11.5 Å². The van der Waals surface area contributed by atoms with Gasteiger partial charge in [0.15, 0.2) is 0 Å². The monoisotopic (exact) mass is 216 g/mol. The Labute approximate surface area is 90.0 Å². The molecule has 0 bridgehead atoms. The number of rotatable bonds is 5. The van der Waals surface area contributed by atoms with Gasteiger partial charge in [-0.2, -0.15) is 11.8 Å². The van der Waals surface area contributed by atoms with Gasteiger partial charge in [-0.15, -0.1) is 0 Å². The van der Waals surface area contributed by atoms with Crippen LogP contribution in [0.3, 0.4) is 0 Å². The second-order valence-corrected chi connectivity index (χ2v) is 5.37. The molecule has 0 heterocycles. The van der Waals surface area contributed by atoms with Crippen molar-refractivity contribution in [2.45, 2.75) is 38.1 Å². The van der Waals surface area contributed by atoms with Crippen LogP contribution in [-0.2, 0) is 4.79 Å². The van der Waals surface area contributed by atoms with E-state index >= 15 is 0 Å². The van der Waals surface area contributed by atoms with Crippen molar-refractivity contribution in [3.8, 4) is 0 Å². The zero-order chi connectivity index (χ0) is 10.6. The number of hydrogen-bond acceptors (Lipinski definition) is 3. The second kappa shape index (κ2) is 5.03. The van der Waals surface area contributed by atoms with E-state index in [0.29, 0.717) is 5.92 Å². The van der Waals surface area contributed by atoms with Crippen LogP contribution in [0.25, 0.3) is 0 Å². The molecular formula is C10H20N2OS. The lowest BCUT2D eigenvalue weighted by Gasteiger charge is -2.27. The highest BCUT2D eigenvalue weighted by Gasteiger charge is 2.43. The standard InChI is InChI=1S/C10H20N2OS/c1-2-14-7-5-8-4-3-6-10(8,12)9(11)13/h8H,2-7,12H2,1H3,(H2,11,13). The second-order valence-electron chi connectivity index (χ2n) is 3.98. The molecule has 14 heavy (non-hydrogen) atoms. The summed E-state index contributed by atoms with van der Waals surface area (Å²) in [7, 11) is 0. The maximum absolute atomic E-state index is 11.3. The number of primary amides is 1. The molecular weight excluding hydrogens is 196 g/mol. The number of carbonyl (C=O) groups excluding carboxylic acids is 1. The molecule has 0 aromatic rings. The minimum absolute atomic E-state index is 0.305. The SMILES string of the molecule is CCSCCC1CCCC1(N)C(N)=O. The number of nitrogens with two attached hydrogens (primary N) is 2. The maximum atomic E-state index is 11.3. The Morgan fingerprint density at radius 3 is 2.93 bits per heavy atom. The fourth-order valence-corrected chi connectivity index (χ4v) is 2.94. The third-order valence-corrected chi connectivity index (χ3v) is 4.08. The molecule has 4 N–H and O–H groups in total. The van der Waals surface area contributed by atoms with Gasteiger partial charge in [0.25, 0.3) is 0 Å². The highest BCUT2D eigenvalue weighted by molar-refractivity contribution is 7.99. The zero-order valence-corrected chi connectivity index (χ0v) is 9.61. The molecule has 0 aromatic heterocycles. The summed E-state index contributed by atoms with van der Waals surface area (Å²) in [5, 5.41) is 0. The quantitative estimate of drug-likeness (QED) is 0.676. The van der Waals surface area contributed by atoms with Gasteiger partial charge in [-0.05, 0) is 36.7 Å². The Morgan fingerprint density at radius 1 is 1.64 bits per heavy atom. The molecule has 4 heteroatoms. The maximum Gasteiger partial charge on any atom is 0.237 e. The molecule has 1 saturated carbocycles. The van der Waals surface area contributed by atoms with Crippen LogP contribution in [0.4, 0.5) is 0 Å². The number of hydrogen-bond donors (Lipinski definition) is 2. The molecule has 1 aliphatic rings. The summed E-state index contributed by atoms with van der Waals surface area (Å²) < 4.78 is 0. The predicted octanol–water partition coefficient (Wildman–Crippen LogP) is 1.11. The largest absolute Gasteiger partial charge is 0.368 e. The van der Waals surface area contributed by atoms with Crippen molar-refractivity contribution in [1.29, 1.82) is 0 Å². The normalized spacial score (nSPS) is 32.0. The van der Waals surface area contributed by atoms with Crippen molar-refractivity contribution in [3.05, 3.63) is 0 Å². The van der Waals surface area contributed by atoms with Crippen molar-refractivity contribution in [3.63, 3.8) is 0 Å². The fourth-order valence-electron chi connectivity index (χ4n) is 2.20. The van der Waals surface area contributed by atoms with Gasteiger partial charge < -0.3 is 11.5 Å². The van der Waals surface area contributed by atoms with E-state index in [9.17, 15) is 4.79 Å². The fraction of sp³-hybridized carbons (Fsp3) is 0.900. The minimum atomic E-state index is -0.714. The molecule has 3 nitrogen and oxygen atoms in total. The first-order valence-electron chi connectivity index (χ1n) is 5.27. The molecule has 1 aliphatic carbocycles. The minimum Gasteiger partial charge on any atom is -0.368 e. The molecule has 1 rings (SSSR count). The molecule has 2 atom stereocenters. The highest BCUT2D eigenvalue weighted by atomic mass is 32.2. The van der Waals surface area contributed by atoms with E-state index in [0.717, 1.165) is 37.2 Å². The summed E-state index contributed by atoms with van der Waals surface area (Å²) in [6.45, 7) is 2.14. The van der Waals surface area contributed by atoms with Crippen LogP contribution in [0.1, 0.15) is 32.6 Å². The third kappa shape index (κ3) is 2.42. The topological polar surface area (TPSA) is 69.1 Å². The Hall–Kier alpha value is -0.220. The van der Waals surface area contributed by atoms with Gasteiger partial charge in [-0.25, -0.2) is 0 Å². The number of thioether (sulfide) groups is 1. The first-order chi connectivity index (χ1) is 6.61. The van der Waals surface area contributed by atoms with E-state index in [1.54, 1.807) is 0 Å². The average molecular weight is 216 g/mol. The Balaban J connectivity index is 2.46. The summed E-state index contributed by atoms with van der Waals surface area (Å²) in [6.07, 6.45) is 3.90. The first kappa shape index (κ1) is 11.9. The molecule has 0 aliphatic heterocycles. The van der Waals surface area contributed by atoms with Gasteiger partial charge in [0.05, 0.1) is 5.54 Å². The lowest BCUT2D eigenvalue weighted by atomic mass is 9.85. The van der Waals surface area contributed by atoms with E-state index < -0.39 is 5.54 Å². The smallest absolute Gasteiger partial charge is 0.237 e. The molecule has 0 radical (unpaired) electrons. The first-order valence-corrected chi connectivity index (χ1v) is 6.43. The Bertz CT molecular complexity index is 210. The number of amides is 1. The lowest BCUT2D eigenvalue weighted by molar-refractivity contribution is -0.124. The van der Waals surface area contributed by atoms with Crippen LogP contribution in [0, 0.1) is 5.92 Å². The third-order valence-electron chi connectivity index (χ3n) is 3.15. The summed E-state index contributed by atoms with van der Waals surface area (Å²) in [5.74, 6) is 2.20. The van der Waals surface area contributed by atoms with Crippen molar-refractivity contribution in [1.82, 2.24) is 0 Å². The van der Waals surface area contributed by atoms with E-state index in [1.807, 2.05) is 11.8 Å². The van der Waals surface area contributed by atoms with Gasteiger partial charge in [0, 0.05) is 0 Å². The van der Waals surface area contributed by atoms with E-state index in [-0.39, 0.29) is 5.91 Å². The molecule has 1 fully saturated rings. The average Bonchev–Trinajstić information content (AvgIpc) is 2.50. The zero-order valence-electron chi connectivity index (χ0n) is 8.79. The van der Waals surface area contributed by atoms with E-state index in [4.69, 9.17) is 11.5 Å². The van der Waals surface area contributed by atoms with Gasteiger partial charge in [-0.1, -0.05) is 13.3 Å². The summed E-state index contributed by atoms with van der Waals surface area (Å²) in [5.41, 5.74) is 10.7. The van der Waals surface area contributed by atoms with Crippen LogP contribution < -0.4 is 11.5 Å². The van der Waals surface area contributed by atoms with Gasteiger partial charge >= 0.3 is 0 Å².